The quantitative estimate of drug-likeness (QED) is 0.783. The number of rotatable bonds is 4. The molecule has 0 fully saturated rings. The van der Waals surface area contributed by atoms with Crippen molar-refractivity contribution < 1.29 is 9.59 Å². The van der Waals surface area contributed by atoms with Gasteiger partial charge in [-0.05, 0) is 17.7 Å². The lowest BCUT2D eigenvalue weighted by Gasteiger charge is -2.03. The number of carbonyl (C=O) groups is 2. The summed E-state index contributed by atoms with van der Waals surface area (Å²) in [5, 5.41) is 2.77. The fourth-order valence-electron chi connectivity index (χ4n) is 1.49. The molecule has 2 N–H and O–H groups in total. The first kappa shape index (κ1) is 11.1. The second-order valence-corrected chi connectivity index (χ2v) is 3.61. The third-order valence-electron chi connectivity index (χ3n) is 2.38. The fourth-order valence-corrected chi connectivity index (χ4v) is 1.49. The summed E-state index contributed by atoms with van der Waals surface area (Å²) in [6.45, 7) is 0.467. The van der Waals surface area contributed by atoms with E-state index in [9.17, 15) is 9.59 Å². The monoisotopic (exact) mass is 228 g/mol. The van der Waals surface area contributed by atoms with Gasteiger partial charge in [0.15, 0.2) is 6.29 Å². The number of aldehydes is 1. The van der Waals surface area contributed by atoms with E-state index in [1.165, 1.54) is 0 Å². The molecule has 86 valence electrons. The standard InChI is InChI=1S/C13H12N2O2/c16-9-11-6-7-12(15-11)13(17)14-8-10-4-2-1-3-5-10/h1-7,9,15H,8H2,(H,14,17). The molecule has 4 heteroatoms. The van der Waals surface area contributed by atoms with Crippen LogP contribution in [-0.4, -0.2) is 17.2 Å². The van der Waals surface area contributed by atoms with E-state index in [1.807, 2.05) is 30.3 Å². The van der Waals surface area contributed by atoms with Crippen molar-refractivity contribution in [2.75, 3.05) is 0 Å². The predicted molar refractivity (Wildman–Crippen MR) is 63.8 cm³/mol. The van der Waals surface area contributed by atoms with Crippen molar-refractivity contribution in [1.29, 1.82) is 0 Å². The number of aromatic nitrogens is 1. The average Bonchev–Trinajstić information content (AvgIpc) is 2.86. The first-order valence-electron chi connectivity index (χ1n) is 5.26. The Balaban J connectivity index is 1.96. The van der Waals surface area contributed by atoms with Gasteiger partial charge in [0.2, 0.25) is 0 Å². The second-order valence-electron chi connectivity index (χ2n) is 3.61. The third-order valence-corrected chi connectivity index (χ3v) is 2.38. The maximum atomic E-state index is 11.7. The molecule has 0 spiro atoms. The van der Waals surface area contributed by atoms with E-state index >= 15 is 0 Å². The molecule has 17 heavy (non-hydrogen) atoms. The molecule has 0 atom stereocenters. The van der Waals surface area contributed by atoms with Crippen LogP contribution in [-0.2, 0) is 6.54 Å². The Morgan fingerprint density at radius 3 is 2.59 bits per heavy atom. The fraction of sp³-hybridized carbons (Fsp3) is 0.0769. The lowest BCUT2D eigenvalue weighted by Crippen LogP contribution is -2.23. The molecule has 0 aliphatic rings. The van der Waals surface area contributed by atoms with E-state index in [1.54, 1.807) is 12.1 Å². The number of carbonyl (C=O) groups excluding carboxylic acids is 2. The van der Waals surface area contributed by atoms with E-state index in [0.717, 1.165) is 5.56 Å². The van der Waals surface area contributed by atoms with Gasteiger partial charge in [-0.3, -0.25) is 9.59 Å². The Hall–Kier alpha value is -2.36. The SMILES string of the molecule is O=Cc1ccc(C(=O)NCc2ccccc2)[nH]1. The topological polar surface area (TPSA) is 62.0 Å². The molecule has 4 nitrogen and oxygen atoms in total. The molecule has 0 radical (unpaired) electrons. The van der Waals surface area contributed by atoms with Crippen molar-refractivity contribution in [3.63, 3.8) is 0 Å². The molecule has 0 bridgehead atoms. The Kier molecular flexibility index (Phi) is 3.35. The number of hydrogen-bond acceptors (Lipinski definition) is 2. The zero-order valence-corrected chi connectivity index (χ0v) is 9.14. The number of H-pyrrole nitrogens is 1. The van der Waals surface area contributed by atoms with Gasteiger partial charge in [0, 0.05) is 6.54 Å². The van der Waals surface area contributed by atoms with Gasteiger partial charge in [-0.15, -0.1) is 0 Å². The molecule has 1 amide bonds. The van der Waals surface area contributed by atoms with Crippen molar-refractivity contribution in [2.24, 2.45) is 0 Å². The third kappa shape index (κ3) is 2.81. The maximum Gasteiger partial charge on any atom is 0.267 e. The van der Waals surface area contributed by atoms with Crippen LogP contribution in [0.15, 0.2) is 42.5 Å². The molecule has 2 rings (SSSR count). The highest BCUT2D eigenvalue weighted by Crippen LogP contribution is 2.01. The molecule has 1 aromatic heterocycles. The van der Waals surface area contributed by atoms with Gasteiger partial charge in [0.05, 0.1) is 5.69 Å². The highest BCUT2D eigenvalue weighted by Gasteiger charge is 2.07. The largest absolute Gasteiger partial charge is 0.348 e. The lowest BCUT2D eigenvalue weighted by molar-refractivity contribution is 0.0946. The molecular formula is C13H12N2O2. The molecule has 0 aliphatic carbocycles. The zero-order valence-electron chi connectivity index (χ0n) is 9.14. The zero-order chi connectivity index (χ0) is 12.1. The number of hydrogen-bond donors (Lipinski definition) is 2. The number of aromatic amines is 1. The molecule has 2 aromatic rings. The van der Waals surface area contributed by atoms with Gasteiger partial charge >= 0.3 is 0 Å². The molecule has 0 saturated heterocycles. The van der Waals surface area contributed by atoms with Crippen molar-refractivity contribution in [2.45, 2.75) is 6.54 Å². The molecular weight excluding hydrogens is 216 g/mol. The van der Waals surface area contributed by atoms with Crippen LogP contribution in [0.1, 0.15) is 26.5 Å². The van der Waals surface area contributed by atoms with Crippen LogP contribution in [0.25, 0.3) is 0 Å². The second kappa shape index (κ2) is 5.12. The summed E-state index contributed by atoms with van der Waals surface area (Å²) in [6, 6.07) is 12.8. The minimum Gasteiger partial charge on any atom is -0.348 e. The highest BCUT2D eigenvalue weighted by atomic mass is 16.2. The molecule has 1 heterocycles. The first-order valence-corrected chi connectivity index (χ1v) is 5.26. The summed E-state index contributed by atoms with van der Waals surface area (Å²) in [7, 11) is 0. The van der Waals surface area contributed by atoms with Gasteiger partial charge in [-0.1, -0.05) is 30.3 Å². The van der Waals surface area contributed by atoms with Crippen molar-refractivity contribution in [1.82, 2.24) is 10.3 Å². The van der Waals surface area contributed by atoms with Crippen LogP contribution in [0.2, 0.25) is 0 Å². The van der Waals surface area contributed by atoms with Gasteiger partial charge in [0.25, 0.3) is 5.91 Å². The van der Waals surface area contributed by atoms with Gasteiger partial charge in [-0.2, -0.15) is 0 Å². The minimum absolute atomic E-state index is 0.220. The Labute approximate surface area is 98.7 Å². The summed E-state index contributed by atoms with van der Waals surface area (Å²) >= 11 is 0. The lowest BCUT2D eigenvalue weighted by atomic mass is 10.2. The van der Waals surface area contributed by atoms with E-state index in [4.69, 9.17) is 0 Å². The summed E-state index contributed by atoms with van der Waals surface area (Å²) in [5.41, 5.74) is 1.82. The van der Waals surface area contributed by atoms with Crippen LogP contribution in [0.5, 0.6) is 0 Å². The van der Waals surface area contributed by atoms with Crippen LogP contribution in [0.3, 0.4) is 0 Å². The number of nitrogens with one attached hydrogen (secondary N) is 2. The normalized spacial score (nSPS) is 9.88. The van der Waals surface area contributed by atoms with Gasteiger partial charge < -0.3 is 10.3 Å². The van der Waals surface area contributed by atoms with E-state index < -0.39 is 0 Å². The Morgan fingerprint density at radius 2 is 1.94 bits per heavy atom. The van der Waals surface area contributed by atoms with E-state index in [-0.39, 0.29) is 5.91 Å². The van der Waals surface area contributed by atoms with Crippen LogP contribution in [0.4, 0.5) is 0 Å². The summed E-state index contributed by atoms with van der Waals surface area (Å²) in [5.74, 6) is -0.220. The molecule has 0 aliphatic heterocycles. The Morgan fingerprint density at radius 1 is 1.18 bits per heavy atom. The molecule has 0 unspecified atom stereocenters. The average molecular weight is 228 g/mol. The van der Waals surface area contributed by atoms with E-state index in [0.29, 0.717) is 24.2 Å². The maximum absolute atomic E-state index is 11.7. The molecule has 0 saturated carbocycles. The summed E-state index contributed by atoms with van der Waals surface area (Å²) in [6.07, 6.45) is 0.675. The van der Waals surface area contributed by atoms with Gasteiger partial charge in [0.1, 0.15) is 5.69 Å². The van der Waals surface area contributed by atoms with Crippen LogP contribution in [0, 0.1) is 0 Å². The van der Waals surface area contributed by atoms with Crippen LogP contribution < -0.4 is 5.32 Å². The van der Waals surface area contributed by atoms with Crippen molar-refractivity contribution >= 4 is 12.2 Å². The minimum atomic E-state index is -0.220. The highest BCUT2D eigenvalue weighted by molar-refractivity contribution is 5.93. The number of amides is 1. The van der Waals surface area contributed by atoms with Crippen LogP contribution >= 0.6 is 0 Å². The van der Waals surface area contributed by atoms with Crippen molar-refractivity contribution in [3.8, 4) is 0 Å². The summed E-state index contributed by atoms with van der Waals surface area (Å²) < 4.78 is 0. The number of benzene rings is 1. The predicted octanol–water partition coefficient (Wildman–Crippen LogP) is 1.76. The Bertz CT molecular complexity index is 517. The summed E-state index contributed by atoms with van der Waals surface area (Å²) in [4.78, 5) is 24.9. The molecule has 1 aromatic carbocycles. The van der Waals surface area contributed by atoms with Gasteiger partial charge in [-0.25, -0.2) is 0 Å². The first-order chi connectivity index (χ1) is 8.29. The smallest absolute Gasteiger partial charge is 0.267 e. The van der Waals surface area contributed by atoms with E-state index in [2.05, 4.69) is 10.3 Å². The van der Waals surface area contributed by atoms with Crippen molar-refractivity contribution in [3.05, 3.63) is 59.4 Å².